The second-order valence-corrected chi connectivity index (χ2v) is 8.04. The molecule has 160 valence electrons. The van der Waals surface area contributed by atoms with Crippen LogP contribution >= 0.6 is 0 Å². The minimum atomic E-state index is -0.553. The summed E-state index contributed by atoms with van der Waals surface area (Å²) in [4.78, 5) is 16.5. The van der Waals surface area contributed by atoms with Crippen LogP contribution in [0.25, 0.3) is 27.9 Å². The van der Waals surface area contributed by atoms with Gasteiger partial charge in [0.15, 0.2) is 0 Å². The summed E-state index contributed by atoms with van der Waals surface area (Å²) in [6.07, 6.45) is 6.57. The Morgan fingerprint density at radius 2 is 2.03 bits per heavy atom. The molecule has 0 aliphatic carbocycles. The molecule has 4 rings (SSSR count). The van der Waals surface area contributed by atoms with E-state index in [1.165, 1.54) is 6.33 Å². The molecule has 1 amide bonds. The van der Waals surface area contributed by atoms with Crippen LogP contribution in [0.15, 0.2) is 49.2 Å². The Balaban J connectivity index is 1.62. The number of alkyl carbamates (subject to hydrolysis) is 1. The van der Waals surface area contributed by atoms with Crippen LogP contribution in [-0.4, -0.2) is 43.6 Å². The quantitative estimate of drug-likeness (QED) is 0.508. The molecule has 31 heavy (non-hydrogen) atoms. The number of amides is 1. The average Bonchev–Trinajstić information content (AvgIpc) is 3.40. The van der Waals surface area contributed by atoms with Crippen LogP contribution in [-0.2, 0) is 11.3 Å². The number of methoxy groups -OCH3 is 1. The van der Waals surface area contributed by atoms with Gasteiger partial charge >= 0.3 is 6.09 Å². The molecule has 0 atom stereocenters. The van der Waals surface area contributed by atoms with E-state index in [4.69, 9.17) is 9.47 Å². The largest absolute Gasteiger partial charge is 0.496 e. The number of carbonyl (C=O) groups is 1. The van der Waals surface area contributed by atoms with Crippen LogP contribution < -0.4 is 10.1 Å². The number of ether oxygens (including phenoxy) is 2. The maximum atomic E-state index is 12.0. The molecule has 0 saturated carbocycles. The molecular formula is C22H24N6O3. The summed E-state index contributed by atoms with van der Waals surface area (Å²) in [5.41, 5.74) is 4.75. The van der Waals surface area contributed by atoms with Crippen LogP contribution in [0.5, 0.6) is 5.75 Å². The Bertz CT molecular complexity index is 1210. The molecule has 2 N–H and O–H groups in total. The highest BCUT2D eigenvalue weighted by atomic mass is 16.6. The van der Waals surface area contributed by atoms with Crippen molar-refractivity contribution in [3.8, 4) is 28.1 Å². The maximum Gasteiger partial charge on any atom is 0.407 e. The van der Waals surface area contributed by atoms with Crippen LogP contribution in [0.1, 0.15) is 26.3 Å². The summed E-state index contributed by atoms with van der Waals surface area (Å²) in [7, 11) is 1.60. The molecule has 9 heteroatoms. The van der Waals surface area contributed by atoms with Gasteiger partial charge in [0.1, 0.15) is 17.7 Å². The monoisotopic (exact) mass is 420 g/mol. The number of rotatable bonds is 5. The van der Waals surface area contributed by atoms with E-state index in [2.05, 4.69) is 25.6 Å². The molecule has 0 unspecified atom stereocenters. The number of aromatic amines is 1. The summed E-state index contributed by atoms with van der Waals surface area (Å²) in [5, 5.41) is 13.9. The van der Waals surface area contributed by atoms with E-state index in [1.54, 1.807) is 17.8 Å². The normalized spacial score (nSPS) is 11.5. The van der Waals surface area contributed by atoms with Crippen LogP contribution in [0.4, 0.5) is 4.79 Å². The Labute approximate surface area is 179 Å². The first-order valence-corrected chi connectivity index (χ1v) is 9.81. The zero-order valence-corrected chi connectivity index (χ0v) is 17.8. The van der Waals surface area contributed by atoms with E-state index >= 15 is 0 Å². The number of H-pyrrole nitrogens is 1. The second-order valence-electron chi connectivity index (χ2n) is 8.04. The van der Waals surface area contributed by atoms with Gasteiger partial charge in [-0.2, -0.15) is 10.2 Å². The highest BCUT2D eigenvalue weighted by molar-refractivity contribution is 5.82. The van der Waals surface area contributed by atoms with Crippen LogP contribution in [0.3, 0.4) is 0 Å². The van der Waals surface area contributed by atoms with Gasteiger partial charge in [0.2, 0.25) is 0 Å². The SMILES string of the molecule is COc1cc(-c2ncnn3cc(-c4cn[nH]c4)cc23)ccc1CNC(=O)OC(C)(C)C. The van der Waals surface area contributed by atoms with Gasteiger partial charge in [-0.1, -0.05) is 12.1 Å². The van der Waals surface area contributed by atoms with Crippen molar-refractivity contribution in [3.05, 3.63) is 54.7 Å². The number of nitrogens with one attached hydrogen (secondary N) is 2. The molecule has 0 saturated heterocycles. The molecule has 0 aliphatic rings. The fourth-order valence-corrected chi connectivity index (χ4v) is 3.24. The standard InChI is InChI=1S/C22H24N6O3/c1-22(2,3)31-21(29)23-9-15-6-5-14(8-19(15)30-4)20-18-7-16(17-10-25-26-11-17)12-28(18)27-13-24-20/h5-8,10-13H,9H2,1-4H3,(H,23,29)(H,25,26). The zero-order chi connectivity index (χ0) is 22.0. The fraction of sp³-hybridized carbons (Fsp3) is 0.273. The van der Waals surface area contributed by atoms with E-state index in [0.717, 1.165) is 33.5 Å². The van der Waals surface area contributed by atoms with E-state index in [0.29, 0.717) is 5.75 Å². The molecule has 0 fully saturated rings. The summed E-state index contributed by atoms with van der Waals surface area (Å²) in [6.45, 7) is 5.76. The smallest absolute Gasteiger partial charge is 0.407 e. The van der Waals surface area contributed by atoms with Gasteiger partial charge < -0.3 is 14.8 Å². The number of aromatic nitrogens is 5. The summed E-state index contributed by atoms with van der Waals surface area (Å²) >= 11 is 0. The first-order chi connectivity index (χ1) is 14.8. The molecule has 3 heterocycles. The van der Waals surface area contributed by atoms with Crippen LogP contribution in [0, 0.1) is 0 Å². The number of hydrogen-bond donors (Lipinski definition) is 2. The zero-order valence-electron chi connectivity index (χ0n) is 17.8. The predicted molar refractivity (Wildman–Crippen MR) is 116 cm³/mol. The molecule has 0 bridgehead atoms. The summed E-state index contributed by atoms with van der Waals surface area (Å²) in [6, 6.07) is 7.77. The van der Waals surface area contributed by atoms with Crippen molar-refractivity contribution >= 4 is 11.6 Å². The third-order valence-corrected chi connectivity index (χ3v) is 4.62. The van der Waals surface area contributed by atoms with Crippen molar-refractivity contribution in [2.24, 2.45) is 0 Å². The van der Waals surface area contributed by atoms with Gasteiger partial charge in [0.25, 0.3) is 0 Å². The van der Waals surface area contributed by atoms with Crippen molar-refractivity contribution in [2.75, 3.05) is 7.11 Å². The van der Waals surface area contributed by atoms with E-state index < -0.39 is 11.7 Å². The number of benzene rings is 1. The molecule has 0 radical (unpaired) electrons. The second kappa shape index (κ2) is 8.10. The minimum Gasteiger partial charge on any atom is -0.496 e. The van der Waals surface area contributed by atoms with Crippen molar-refractivity contribution in [1.29, 1.82) is 0 Å². The topological polar surface area (TPSA) is 106 Å². The number of carbonyl (C=O) groups excluding carboxylic acids is 1. The van der Waals surface area contributed by atoms with E-state index in [-0.39, 0.29) is 6.54 Å². The lowest BCUT2D eigenvalue weighted by Gasteiger charge is -2.20. The third kappa shape index (κ3) is 4.50. The van der Waals surface area contributed by atoms with Crippen molar-refractivity contribution in [2.45, 2.75) is 32.9 Å². The molecule has 0 spiro atoms. The lowest BCUT2D eigenvalue weighted by atomic mass is 10.1. The third-order valence-electron chi connectivity index (χ3n) is 4.62. The Morgan fingerprint density at radius 3 is 2.74 bits per heavy atom. The predicted octanol–water partition coefficient (Wildman–Crippen LogP) is 3.82. The number of nitrogens with zero attached hydrogens (tertiary/aromatic N) is 4. The van der Waals surface area contributed by atoms with Gasteiger partial charge in [-0.3, -0.25) is 5.10 Å². The van der Waals surface area contributed by atoms with Gasteiger partial charge in [0, 0.05) is 41.2 Å². The summed E-state index contributed by atoms with van der Waals surface area (Å²) in [5.74, 6) is 0.645. The maximum absolute atomic E-state index is 12.0. The number of hydrogen-bond acceptors (Lipinski definition) is 6. The molecule has 0 aliphatic heterocycles. The van der Waals surface area contributed by atoms with E-state index in [1.807, 2.05) is 57.4 Å². The first kappa shape index (κ1) is 20.4. The van der Waals surface area contributed by atoms with Crippen molar-refractivity contribution in [1.82, 2.24) is 30.1 Å². The number of fused-ring (bicyclic) bond motifs is 1. The molecule has 1 aromatic carbocycles. The van der Waals surface area contributed by atoms with Gasteiger partial charge in [-0.25, -0.2) is 14.3 Å². The first-order valence-electron chi connectivity index (χ1n) is 9.81. The van der Waals surface area contributed by atoms with Gasteiger partial charge in [0.05, 0.1) is 24.5 Å². The Hall–Kier alpha value is -3.88. The molecule has 9 nitrogen and oxygen atoms in total. The van der Waals surface area contributed by atoms with Gasteiger partial charge in [-0.15, -0.1) is 0 Å². The average molecular weight is 420 g/mol. The van der Waals surface area contributed by atoms with Gasteiger partial charge in [-0.05, 0) is 32.9 Å². The molecule has 4 aromatic rings. The minimum absolute atomic E-state index is 0.285. The Morgan fingerprint density at radius 1 is 1.19 bits per heavy atom. The van der Waals surface area contributed by atoms with Crippen LogP contribution in [0.2, 0.25) is 0 Å². The van der Waals surface area contributed by atoms with E-state index in [9.17, 15) is 4.79 Å². The van der Waals surface area contributed by atoms with Crippen molar-refractivity contribution < 1.29 is 14.3 Å². The highest BCUT2D eigenvalue weighted by Gasteiger charge is 2.17. The summed E-state index contributed by atoms with van der Waals surface area (Å²) < 4.78 is 12.6. The fourth-order valence-electron chi connectivity index (χ4n) is 3.24. The molecular weight excluding hydrogens is 396 g/mol. The lowest BCUT2D eigenvalue weighted by Crippen LogP contribution is -2.32. The lowest BCUT2D eigenvalue weighted by molar-refractivity contribution is 0.0523. The van der Waals surface area contributed by atoms with Crippen molar-refractivity contribution in [3.63, 3.8) is 0 Å². The highest BCUT2D eigenvalue weighted by Crippen LogP contribution is 2.31. The molecule has 3 aromatic heterocycles. The Kier molecular flexibility index (Phi) is 5.33.